The lowest BCUT2D eigenvalue weighted by Gasteiger charge is -2.18. The monoisotopic (exact) mass is 267 g/mol. The van der Waals surface area contributed by atoms with Gasteiger partial charge in [-0.3, -0.25) is 0 Å². The molecule has 1 aromatic rings. The van der Waals surface area contributed by atoms with Gasteiger partial charge in [0.05, 0.1) is 5.56 Å². The van der Waals surface area contributed by atoms with Crippen LogP contribution in [0.2, 0.25) is 0 Å². The third kappa shape index (κ3) is 2.04. The fraction of sp³-hybridized carbons (Fsp3) is 0.182. The lowest BCUT2D eigenvalue weighted by atomic mass is 10.2. The Labute approximate surface area is 96.1 Å². The van der Waals surface area contributed by atoms with Gasteiger partial charge in [-0.25, -0.2) is 4.79 Å². The summed E-state index contributed by atoms with van der Waals surface area (Å²) in [7, 11) is 0. The van der Waals surface area contributed by atoms with E-state index in [1.165, 1.54) is 0 Å². The predicted octanol–water partition coefficient (Wildman–Crippen LogP) is 2.52. The van der Waals surface area contributed by atoms with Crippen molar-refractivity contribution in [2.75, 3.05) is 18.0 Å². The minimum atomic E-state index is -0.907. The zero-order chi connectivity index (χ0) is 10.8. The summed E-state index contributed by atoms with van der Waals surface area (Å²) in [6.07, 6.45) is 4.14. The van der Waals surface area contributed by atoms with Gasteiger partial charge < -0.3 is 10.0 Å². The molecule has 0 bridgehead atoms. The SMILES string of the molecule is O=C(O)c1cc(N2CC=CC2)ccc1Br. The van der Waals surface area contributed by atoms with E-state index < -0.39 is 5.97 Å². The molecule has 1 aromatic carbocycles. The molecule has 1 N–H and O–H groups in total. The van der Waals surface area contributed by atoms with Crippen LogP contribution in [0.4, 0.5) is 5.69 Å². The third-order valence-corrected chi connectivity index (χ3v) is 3.06. The third-order valence-electron chi connectivity index (χ3n) is 2.36. The lowest BCUT2D eigenvalue weighted by Crippen LogP contribution is -2.18. The molecule has 0 amide bonds. The van der Waals surface area contributed by atoms with E-state index in [4.69, 9.17) is 5.11 Å². The number of hydrogen-bond donors (Lipinski definition) is 1. The molecule has 4 heteroatoms. The summed E-state index contributed by atoms with van der Waals surface area (Å²) in [4.78, 5) is 13.0. The van der Waals surface area contributed by atoms with Crippen LogP contribution < -0.4 is 4.90 Å². The summed E-state index contributed by atoms with van der Waals surface area (Å²) in [5.41, 5.74) is 1.25. The lowest BCUT2D eigenvalue weighted by molar-refractivity contribution is 0.0696. The Morgan fingerprint density at radius 2 is 2.00 bits per heavy atom. The second-order valence-electron chi connectivity index (χ2n) is 3.35. The van der Waals surface area contributed by atoms with Gasteiger partial charge in [0.1, 0.15) is 0 Å². The number of nitrogens with zero attached hydrogens (tertiary/aromatic N) is 1. The van der Waals surface area contributed by atoms with Gasteiger partial charge in [-0.15, -0.1) is 0 Å². The molecule has 0 saturated carbocycles. The molecule has 1 aliphatic rings. The molecule has 0 atom stereocenters. The van der Waals surface area contributed by atoms with E-state index >= 15 is 0 Å². The highest BCUT2D eigenvalue weighted by atomic mass is 79.9. The van der Waals surface area contributed by atoms with Crippen LogP contribution in [-0.4, -0.2) is 24.2 Å². The molecule has 0 radical (unpaired) electrons. The Morgan fingerprint density at radius 1 is 1.33 bits per heavy atom. The van der Waals surface area contributed by atoms with Gasteiger partial charge in [0.2, 0.25) is 0 Å². The van der Waals surface area contributed by atoms with Gasteiger partial charge >= 0.3 is 5.97 Å². The fourth-order valence-electron chi connectivity index (χ4n) is 1.56. The van der Waals surface area contributed by atoms with Crippen LogP contribution in [0.3, 0.4) is 0 Å². The molecule has 0 saturated heterocycles. The van der Waals surface area contributed by atoms with E-state index in [1.54, 1.807) is 12.1 Å². The highest BCUT2D eigenvalue weighted by molar-refractivity contribution is 9.10. The number of rotatable bonds is 2. The molecule has 3 nitrogen and oxygen atoms in total. The van der Waals surface area contributed by atoms with E-state index in [9.17, 15) is 4.79 Å². The van der Waals surface area contributed by atoms with Crippen LogP contribution in [0.1, 0.15) is 10.4 Å². The van der Waals surface area contributed by atoms with Gasteiger partial charge in [0, 0.05) is 23.2 Å². The second-order valence-corrected chi connectivity index (χ2v) is 4.20. The van der Waals surface area contributed by atoms with E-state index in [2.05, 4.69) is 33.0 Å². The van der Waals surface area contributed by atoms with Crippen LogP contribution >= 0.6 is 15.9 Å². The van der Waals surface area contributed by atoms with E-state index in [0.717, 1.165) is 18.8 Å². The van der Waals surface area contributed by atoms with Crippen molar-refractivity contribution in [2.45, 2.75) is 0 Å². The number of carbonyl (C=O) groups is 1. The Hall–Kier alpha value is -1.29. The molecule has 0 aliphatic carbocycles. The Morgan fingerprint density at radius 3 is 2.60 bits per heavy atom. The summed E-state index contributed by atoms with van der Waals surface area (Å²) < 4.78 is 0.617. The van der Waals surface area contributed by atoms with Crippen molar-refractivity contribution in [2.24, 2.45) is 0 Å². The summed E-state index contributed by atoms with van der Waals surface area (Å²) in [6, 6.07) is 5.39. The van der Waals surface area contributed by atoms with Crippen LogP contribution in [0.15, 0.2) is 34.8 Å². The predicted molar refractivity (Wildman–Crippen MR) is 62.5 cm³/mol. The molecule has 0 fully saturated rings. The first-order valence-corrected chi connectivity index (χ1v) is 5.40. The van der Waals surface area contributed by atoms with Gasteiger partial charge in [0.15, 0.2) is 0 Å². The Kier molecular flexibility index (Phi) is 2.77. The standard InChI is InChI=1S/C11H10BrNO2/c12-10-4-3-8(7-9(10)11(14)15)13-5-1-2-6-13/h1-4,7H,5-6H2,(H,14,15). The normalized spacial score (nSPS) is 14.6. The molecule has 15 heavy (non-hydrogen) atoms. The van der Waals surface area contributed by atoms with E-state index in [1.807, 2.05) is 6.07 Å². The first-order chi connectivity index (χ1) is 7.18. The van der Waals surface area contributed by atoms with Crippen LogP contribution in [0.5, 0.6) is 0 Å². The highest BCUT2D eigenvalue weighted by Gasteiger charge is 2.13. The van der Waals surface area contributed by atoms with Crippen molar-refractivity contribution >= 4 is 27.6 Å². The van der Waals surface area contributed by atoms with E-state index in [-0.39, 0.29) is 0 Å². The summed E-state index contributed by atoms with van der Waals surface area (Å²) in [5, 5.41) is 8.97. The average Bonchev–Trinajstić information content (AvgIpc) is 2.71. The van der Waals surface area contributed by atoms with Crippen molar-refractivity contribution < 1.29 is 9.90 Å². The highest BCUT2D eigenvalue weighted by Crippen LogP contribution is 2.24. The van der Waals surface area contributed by atoms with Gasteiger partial charge in [0.25, 0.3) is 0 Å². The minimum Gasteiger partial charge on any atom is -0.478 e. The maximum Gasteiger partial charge on any atom is 0.336 e. The van der Waals surface area contributed by atoms with Crippen LogP contribution in [0, 0.1) is 0 Å². The number of benzene rings is 1. The molecule has 0 aromatic heterocycles. The molecule has 0 unspecified atom stereocenters. The first kappa shape index (κ1) is 10.2. The molecule has 78 valence electrons. The second kappa shape index (κ2) is 4.06. The van der Waals surface area contributed by atoms with Crippen molar-refractivity contribution in [1.82, 2.24) is 0 Å². The van der Waals surface area contributed by atoms with Gasteiger partial charge in [-0.2, -0.15) is 0 Å². The zero-order valence-electron chi connectivity index (χ0n) is 7.98. The fourth-order valence-corrected chi connectivity index (χ4v) is 1.98. The minimum absolute atomic E-state index is 0.305. The zero-order valence-corrected chi connectivity index (χ0v) is 9.57. The number of halogens is 1. The number of hydrogen-bond acceptors (Lipinski definition) is 2. The molecular formula is C11H10BrNO2. The summed E-state index contributed by atoms with van der Waals surface area (Å²) >= 11 is 3.22. The number of carboxylic acids is 1. The topological polar surface area (TPSA) is 40.5 Å². The average molecular weight is 268 g/mol. The summed E-state index contributed by atoms with van der Waals surface area (Å²) in [5.74, 6) is -0.907. The first-order valence-electron chi connectivity index (χ1n) is 4.61. The van der Waals surface area contributed by atoms with Crippen molar-refractivity contribution in [3.05, 3.63) is 40.4 Å². The van der Waals surface area contributed by atoms with Crippen molar-refractivity contribution in [1.29, 1.82) is 0 Å². The van der Waals surface area contributed by atoms with Gasteiger partial charge in [-0.05, 0) is 34.1 Å². The largest absolute Gasteiger partial charge is 0.478 e. The van der Waals surface area contributed by atoms with Crippen LogP contribution in [0.25, 0.3) is 0 Å². The number of anilines is 1. The van der Waals surface area contributed by atoms with Gasteiger partial charge in [-0.1, -0.05) is 12.2 Å². The summed E-state index contributed by atoms with van der Waals surface area (Å²) in [6.45, 7) is 1.70. The molecule has 1 heterocycles. The number of aromatic carboxylic acids is 1. The van der Waals surface area contributed by atoms with Crippen LogP contribution in [-0.2, 0) is 0 Å². The molecular weight excluding hydrogens is 258 g/mol. The maximum atomic E-state index is 10.9. The van der Waals surface area contributed by atoms with Crippen molar-refractivity contribution in [3.63, 3.8) is 0 Å². The Bertz CT molecular complexity index is 421. The molecule has 1 aliphatic heterocycles. The molecule has 0 spiro atoms. The smallest absolute Gasteiger partial charge is 0.336 e. The van der Waals surface area contributed by atoms with Crippen molar-refractivity contribution in [3.8, 4) is 0 Å². The Balaban J connectivity index is 2.33. The maximum absolute atomic E-state index is 10.9. The quantitative estimate of drug-likeness (QED) is 0.838. The number of carboxylic acid groups (broad SMARTS) is 1. The van der Waals surface area contributed by atoms with E-state index in [0.29, 0.717) is 10.0 Å². The molecule has 2 rings (SSSR count).